The topological polar surface area (TPSA) is 107 Å². The summed E-state index contributed by atoms with van der Waals surface area (Å²) in [7, 11) is 0. The van der Waals surface area contributed by atoms with Gasteiger partial charge >= 0.3 is 0 Å². The van der Waals surface area contributed by atoms with Crippen LogP contribution in [0.15, 0.2) is 18.3 Å². The highest BCUT2D eigenvalue weighted by atomic mass is 16.3. The summed E-state index contributed by atoms with van der Waals surface area (Å²) in [6, 6.07) is 3.90. The molecule has 0 atom stereocenters. The van der Waals surface area contributed by atoms with Crippen molar-refractivity contribution < 1.29 is 9.90 Å². The molecule has 0 unspecified atom stereocenters. The zero-order chi connectivity index (χ0) is 17.3. The van der Waals surface area contributed by atoms with Crippen LogP contribution in [0.2, 0.25) is 0 Å². The quantitative estimate of drug-likeness (QED) is 0.576. The maximum absolute atomic E-state index is 12.3. The van der Waals surface area contributed by atoms with Crippen LogP contribution in [0.3, 0.4) is 0 Å². The molecule has 126 valence electrons. The fourth-order valence-corrected chi connectivity index (χ4v) is 2.72. The van der Waals surface area contributed by atoms with Crippen molar-refractivity contribution in [3.63, 3.8) is 0 Å². The van der Waals surface area contributed by atoms with Gasteiger partial charge in [-0.1, -0.05) is 6.92 Å². The van der Waals surface area contributed by atoms with Crippen LogP contribution < -0.4 is 5.32 Å². The summed E-state index contributed by atoms with van der Waals surface area (Å²) in [4.78, 5) is 20.1. The molecule has 2 heterocycles. The molecule has 1 aromatic carbocycles. The number of carbonyl (C=O) groups is 1. The summed E-state index contributed by atoms with van der Waals surface area (Å²) in [5.41, 5.74) is 4.54. The number of carbonyl (C=O) groups excluding carboxylic acids is 1. The number of aromatic amines is 2. The van der Waals surface area contributed by atoms with E-state index in [4.69, 9.17) is 0 Å². The summed E-state index contributed by atoms with van der Waals surface area (Å²) in [5, 5.41) is 19.2. The van der Waals surface area contributed by atoms with Crippen molar-refractivity contribution in [2.75, 3.05) is 0 Å². The van der Waals surface area contributed by atoms with Crippen LogP contribution >= 0.6 is 0 Å². The largest absolute Gasteiger partial charge is 0.392 e. The number of imidazole rings is 1. The monoisotopic (exact) mass is 327 g/mol. The minimum atomic E-state index is -0.195. The van der Waals surface area contributed by atoms with Crippen molar-refractivity contribution >= 4 is 16.9 Å². The summed E-state index contributed by atoms with van der Waals surface area (Å²) in [6.45, 7) is 5.83. The van der Waals surface area contributed by atoms with E-state index in [2.05, 4.69) is 25.5 Å². The Morgan fingerprint density at radius 3 is 2.79 bits per heavy atom. The molecular formula is C17H21N5O2. The van der Waals surface area contributed by atoms with E-state index in [0.717, 1.165) is 28.6 Å². The van der Waals surface area contributed by atoms with E-state index in [9.17, 15) is 9.90 Å². The average Bonchev–Trinajstić information content (AvgIpc) is 3.18. The molecule has 0 fully saturated rings. The average molecular weight is 327 g/mol. The fraction of sp³-hybridized carbons (Fsp3) is 0.353. The molecule has 0 spiro atoms. The number of hydrogen-bond acceptors (Lipinski definition) is 4. The van der Waals surface area contributed by atoms with E-state index in [1.54, 1.807) is 0 Å². The van der Waals surface area contributed by atoms with Crippen molar-refractivity contribution in [1.82, 2.24) is 25.5 Å². The standard InChI is InChI=1S/C17H21N5O2/c1-4-10-5-13-14(6-11(10)8-23)21-16(20-13)15-12(7-18-22-15)17(24)19-9(2)3/h5-7,9,23H,4,8H2,1-3H3,(H,18,22)(H,19,24)(H,20,21). The second-order valence-electron chi connectivity index (χ2n) is 6.02. The molecule has 0 bridgehead atoms. The highest BCUT2D eigenvalue weighted by molar-refractivity contribution is 5.99. The van der Waals surface area contributed by atoms with Crippen LogP contribution in [0, 0.1) is 0 Å². The first kappa shape index (κ1) is 16.2. The number of benzene rings is 1. The van der Waals surface area contributed by atoms with Crippen molar-refractivity contribution in [3.8, 4) is 11.5 Å². The third-order valence-electron chi connectivity index (χ3n) is 3.90. The summed E-state index contributed by atoms with van der Waals surface area (Å²) >= 11 is 0. The minimum absolute atomic E-state index is 0.0143. The lowest BCUT2D eigenvalue weighted by molar-refractivity contribution is 0.0944. The Hall–Kier alpha value is -2.67. The molecule has 3 rings (SSSR count). The summed E-state index contributed by atoms with van der Waals surface area (Å²) in [6.07, 6.45) is 2.32. The number of aryl methyl sites for hydroxylation is 1. The van der Waals surface area contributed by atoms with Crippen molar-refractivity contribution in [2.24, 2.45) is 0 Å². The predicted octanol–water partition coefficient (Wildman–Crippen LogP) is 2.15. The third-order valence-corrected chi connectivity index (χ3v) is 3.90. The molecule has 0 saturated carbocycles. The lowest BCUT2D eigenvalue weighted by atomic mass is 10.0. The SMILES string of the molecule is CCc1cc2nc(-c3[nH]ncc3C(=O)NC(C)C)[nH]c2cc1CO. The van der Waals surface area contributed by atoms with Gasteiger partial charge in [0.05, 0.1) is 29.4 Å². The molecule has 1 amide bonds. The van der Waals surface area contributed by atoms with Gasteiger partial charge in [0.15, 0.2) is 5.82 Å². The first-order valence-electron chi connectivity index (χ1n) is 8.00. The minimum Gasteiger partial charge on any atom is -0.392 e. The Morgan fingerprint density at radius 2 is 2.12 bits per heavy atom. The number of H-pyrrole nitrogens is 2. The van der Waals surface area contributed by atoms with Crippen LogP contribution in [0.4, 0.5) is 0 Å². The van der Waals surface area contributed by atoms with Crippen molar-refractivity contribution in [1.29, 1.82) is 0 Å². The number of amides is 1. The molecule has 0 aliphatic carbocycles. The highest BCUT2D eigenvalue weighted by Gasteiger charge is 2.19. The molecule has 0 aliphatic rings. The molecule has 7 heteroatoms. The Bertz CT molecular complexity index is 837. The van der Waals surface area contributed by atoms with Gasteiger partial charge in [0, 0.05) is 6.04 Å². The molecule has 7 nitrogen and oxygen atoms in total. The molecule has 0 saturated heterocycles. The van der Waals surface area contributed by atoms with Crippen LogP contribution in [0.1, 0.15) is 42.3 Å². The molecule has 2 aromatic heterocycles. The van der Waals surface area contributed by atoms with E-state index in [0.29, 0.717) is 17.1 Å². The van der Waals surface area contributed by atoms with E-state index in [1.807, 2.05) is 32.9 Å². The van der Waals surface area contributed by atoms with E-state index >= 15 is 0 Å². The number of nitrogens with zero attached hydrogens (tertiary/aromatic N) is 2. The van der Waals surface area contributed by atoms with Gasteiger partial charge in [0.25, 0.3) is 5.91 Å². The van der Waals surface area contributed by atoms with Gasteiger partial charge in [-0.3, -0.25) is 9.89 Å². The Balaban J connectivity index is 2.05. The van der Waals surface area contributed by atoms with Gasteiger partial charge in [-0.05, 0) is 43.5 Å². The number of aliphatic hydroxyl groups is 1. The first-order chi connectivity index (χ1) is 11.5. The maximum Gasteiger partial charge on any atom is 0.255 e. The van der Waals surface area contributed by atoms with E-state index in [1.165, 1.54) is 6.20 Å². The number of fused-ring (bicyclic) bond motifs is 1. The van der Waals surface area contributed by atoms with Crippen molar-refractivity contribution in [3.05, 3.63) is 35.0 Å². The summed E-state index contributed by atoms with van der Waals surface area (Å²) in [5.74, 6) is 0.355. The van der Waals surface area contributed by atoms with Crippen LogP contribution in [-0.2, 0) is 13.0 Å². The van der Waals surface area contributed by atoms with Gasteiger partial charge in [-0.25, -0.2) is 4.98 Å². The van der Waals surface area contributed by atoms with Gasteiger partial charge in [-0.2, -0.15) is 5.10 Å². The molecule has 24 heavy (non-hydrogen) atoms. The normalized spacial score (nSPS) is 11.4. The Labute approximate surface area is 139 Å². The molecule has 0 radical (unpaired) electrons. The Kier molecular flexibility index (Phi) is 4.35. The molecule has 4 N–H and O–H groups in total. The van der Waals surface area contributed by atoms with E-state index in [-0.39, 0.29) is 18.6 Å². The lowest BCUT2D eigenvalue weighted by Gasteiger charge is -2.07. The number of hydrogen-bond donors (Lipinski definition) is 4. The smallest absolute Gasteiger partial charge is 0.255 e. The number of nitrogens with one attached hydrogen (secondary N) is 3. The lowest BCUT2D eigenvalue weighted by Crippen LogP contribution is -2.30. The number of rotatable bonds is 5. The fourth-order valence-electron chi connectivity index (χ4n) is 2.72. The third kappa shape index (κ3) is 2.90. The van der Waals surface area contributed by atoms with Crippen LogP contribution in [-0.4, -0.2) is 37.2 Å². The molecule has 3 aromatic rings. The zero-order valence-electron chi connectivity index (χ0n) is 14.0. The second kappa shape index (κ2) is 6.45. The Morgan fingerprint density at radius 1 is 1.33 bits per heavy atom. The van der Waals surface area contributed by atoms with Crippen molar-refractivity contribution in [2.45, 2.75) is 39.8 Å². The van der Waals surface area contributed by atoms with Gasteiger partial charge < -0.3 is 15.4 Å². The van der Waals surface area contributed by atoms with Gasteiger partial charge in [-0.15, -0.1) is 0 Å². The maximum atomic E-state index is 12.3. The first-order valence-corrected chi connectivity index (χ1v) is 8.00. The summed E-state index contributed by atoms with van der Waals surface area (Å²) < 4.78 is 0. The zero-order valence-corrected chi connectivity index (χ0v) is 14.0. The second-order valence-corrected chi connectivity index (χ2v) is 6.02. The van der Waals surface area contributed by atoms with Crippen LogP contribution in [0.5, 0.6) is 0 Å². The predicted molar refractivity (Wildman–Crippen MR) is 91.6 cm³/mol. The van der Waals surface area contributed by atoms with Gasteiger partial charge in [0.1, 0.15) is 5.69 Å². The van der Waals surface area contributed by atoms with E-state index < -0.39 is 0 Å². The van der Waals surface area contributed by atoms with Gasteiger partial charge in [0.2, 0.25) is 0 Å². The highest BCUT2D eigenvalue weighted by Crippen LogP contribution is 2.25. The molecule has 0 aliphatic heterocycles. The number of aromatic nitrogens is 4. The molecular weight excluding hydrogens is 306 g/mol. The van der Waals surface area contributed by atoms with Crippen LogP contribution in [0.25, 0.3) is 22.6 Å². The number of aliphatic hydroxyl groups excluding tert-OH is 1.